The highest BCUT2D eigenvalue weighted by Crippen LogP contribution is 2.15. The van der Waals surface area contributed by atoms with Crippen molar-refractivity contribution in [2.24, 2.45) is 0 Å². The Balaban J connectivity index is 1.59. The molecule has 0 saturated carbocycles. The molecule has 0 radical (unpaired) electrons. The molecule has 0 heteroatoms. The normalized spacial score (nSPS) is 11.5. The molecule has 0 aliphatic rings. The lowest BCUT2D eigenvalue weighted by molar-refractivity contribution is 0.575. The van der Waals surface area contributed by atoms with E-state index in [0.717, 1.165) is 12.8 Å². The summed E-state index contributed by atoms with van der Waals surface area (Å²) in [7, 11) is 0. The number of rotatable bonds is 19. The van der Waals surface area contributed by atoms with Gasteiger partial charge in [-0.1, -0.05) is 145 Å². The van der Waals surface area contributed by atoms with Gasteiger partial charge in [0.1, 0.15) is 0 Å². The maximum absolute atomic E-state index is 2.35. The summed E-state index contributed by atoms with van der Waals surface area (Å²) in [4.78, 5) is 0. The largest absolute Gasteiger partial charge is 0.0839 e. The van der Waals surface area contributed by atoms with Crippen LogP contribution in [-0.2, 0) is 19.3 Å². The Morgan fingerprint density at radius 2 is 0.879 bits per heavy atom. The summed E-state index contributed by atoms with van der Waals surface area (Å²) in [6, 6.07) is 18.6. The average molecular weight is 447 g/mol. The number of aryl methyl sites for hydroxylation is 3. The number of unbranched alkanes of at least 4 members (excludes halogenated alkanes) is 12. The highest BCUT2D eigenvalue weighted by molar-refractivity contribution is 5.49. The topological polar surface area (TPSA) is 0 Å². The van der Waals surface area contributed by atoms with Crippen LogP contribution in [0.4, 0.5) is 0 Å². The van der Waals surface area contributed by atoms with E-state index in [9.17, 15) is 0 Å². The molecule has 0 aliphatic carbocycles. The molecular weight excluding hydrogens is 396 g/mol. The van der Waals surface area contributed by atoms with E-state index >= 15 is 0 Å². The quantitative estimate of drug-likeness (QED) is 0.188. The molecule has 0 fully saturated rings. The Labute approximate surface area is 205 Å². The first kappa shape index (κ1) is 27.4. The summed E-state index contributed by atoms with van der Waals surface area (Å²) >= 11 is 0. The molecule has 0 aliphatic heterocycles. The molecule has 0 amide bonds. The monoisotopic (exact) mass is 446 g/mol. The van der Waals surface area contributed by atoms with E-state index < -0.39 is 0 Å². The van der Waals surface area contributed by atoms with Crippen molar-refractivity contribution in [2.75, 3.05) is 0 Å². The van der Waals surface area contributed by atoms with Crippen LogP contribution in [0.25, 0.3) is 6.08 Å². The summed E-state index contributed by atoms with van der Waals surface area (Å²) in [5, 5.41) is 0. The molecule has 0 bridgehead atoms. The van der Waals surface area contributed by atoms with E-state index in [2.05, 4.69) is 74.5 Å². The lowest BCUT2D eigenvalue weighted by Gasteiger charge is -2.06. The van der Waals surface area contributed by atoms with Crippen molar-refractivity contribution in [3.63, 3.8) is 0 Å². The van der Waals surface area contributed by atoms with Crippen LogP contribution < -0.4 is 0 Å². The van der Waals surface area contributed by atoms with E-state index in [1.807, 2.05) is 0 Å². The molecule has 0 saturated heterocycles. The zero-order chi connectivity index (χ0) is 23.4. The van der Waals surface area contributed by atoms with Crippen LogP contribution in [-0.4, -0.2) is 0 Å². The molecule has 2 aromatic rings. The predicted molar refractivity (Wildman–Crippen MR) is 149 cm³/mol. The summed E-state index contributed by atoms with van der Waals surface area (Å²) in [5.74, 6) is 0. The molecule has 0 N–H and O–H groups in total. The Morgan fingerprint density at radius 3 is 1.42 bits per heavy atom. The van der Waals surface area contributed by atoms with Crippen molar-refractivity contribution in [3.05, 3.63) is 76.9 Å². The van der Waals surface area contributed by atoms with E-state index in [-0.39, 0.29) is 0 Å². The van der Waals surface area contributed by atoms with E-state index in [0.29, 0.717) is 0 Å². The summed E-state index contributed by atoms with van der Waals surface area (Å²) < 4.78 is 0. The molecule has 0 unspecified atom stereocenters. The lowest BCUT2D eigenvalue weighted by Crippen LogP contribution is -1.93. The van der Waals surface area contributed by atoms with Gasteiger partial charge in [0.2, 0.25) is 0 Å². The number of allylic oxidation sites excluding steroid dienone is 1. The second-order valence-electron chi connectivity index (χ2n) is 9.89. The Morgan fingerprint density at radius 1 is 0.455 bits per heavy atom. The number of benzene rings is 2. The van der Waals surface area contributed by atoms with E-state index in [4.69, 9.17) is 0 Å². The van der Waals surface area contributed by atoms with Gasteiger partial charge >= 0.3 is 0 Å². The van der Waals surface area contributed by atoms with Crippen molar-refractivity contribution >= 4 is 6.08 Å². The molecule has 33 heavy (non-hydrogen) atoms. The Kier molecular flexibility index (Phi) is 15.4. The Hall–Kier alpha value is -1.82. The highest BCUT2D eigenvalue weighted by Gasteiger charge is 1.99. The fourth-order valence-electron chi connectivity index (χ4n) is 4.50. The van der Waals surface area contributed by atoms with Crippen molar-refractivity contribution in [3.8, 4) is 0 Å². The SMILES string of the molecule is CCCCCCCC=Cc1ccc(CCc2ccc(CCCCCCCCCC)cc2)cc1. The minimum atomic E-state index is 1.12. The van der Waals surface area contributed by atoms with Crippen LogP contribution in [0.1, 0.15) is 126 Å². The molecule has 0 heterocycles. The van der Waals surface area contributed by atoms with E-state index in [1.165, 1.54) is 119 Å². The minimum absolute atomic E-state index is 1.12. The van der Waals surface area contributed by atoms with Gasteiger partial charge in [0.15, 0.2) is 0 Å². The predicted octanol–water partition coefficient (Wildman–Crippen LogP) is 10.5. The van der Waals surface area contributed by atoms with Crippen molar-refractivity contribution in [2.45, 2.75) is 123 Å². The van der Waals surface area contributed by atoms with Gasteiger partial charge in [0, 0.05) is 0 Å². The zero-order valence-electron chi connectivity index (χ0n) is 21.8. The summed E-state index contributed by atoms with van der Waals surface area (Å²) in [5.41, 5.74) is 5.74. The molecule has 0 aromatic heterocycles. The molecule has 0 spiro atoms. The van der Waals surface area contributed by atoms with Crippen molar-refractivity contribution in [1.82, 2.24) is 0 Å². The van der Waals surface area contributed by atoms with Gasteiger partial charge in [0.05, 0.1) is 0 Å². The third kappa shape index (κ3) is 13.5. The Bertz CT molecular complexity index is 720. The fourth-order valence-corrected chi connectivity index (χ4v) is 4.50. The van der Waals surface area contributed by atoms with Crippen molar-refractivity contribution < 1.29 is 0 Å². The highest BCUT2D eigenvalue weighted by atomic mass is 14.0. The summed E-state index contributed by atoms with van der Waals surface area (Å²) in [6.07, 6.45) is 27.3. The van der Waals surface area contributed by atoms with Crippen LogP contribution in [0.3, 0.4) is 0 Å². The fraction of sp³-hybridized carbons (Fsp3) is 0.576. The molecule has 2 aromatic carbocycles. The van der Waals surface area contributed by atoms with Crippen LogP contribution in [0.2, 0.25) is 0 Å². The summed E-state index contributed by atoms with van der Waals surface area (Å²) in [6.45, 7) is 4.57. The molecule has 182 valence electrons. The standard InChI is InChI=1S/C33H50/c1-3-5-7-9-11-13-15-17-19-31-22-26-33(27-23-31)29-28-32-24-20-30(21-25-32)18-16-14-12-10-8-6-4-2/h16,18,20-27H,3-15,17,19,28-29H2,1-2H3. The van der Waals surface area contributed by atoms with Gasteiger partial charge < -0.3 is 0 Å². The maximum atomic E-state index is 2.35. The zero-order valence-corrected chi connectivity index (χ0v) is 21.8. The second kappa shape index (κ2) is 18.6. The maximum Gasteiger partial charge on any atom is -0.0238 e. The smallest absolute Gasteiger partial charge is 0.0238 e. The van der Waals surface area contributed by atoms with Crippen LogP contribution >= 0.6 is 0 Å². The minimum Gasteiger partial charge on any atom is -0.0839 e. The van der Waals surface area contributed by atoms with Gasteiger partial charge in [-0.25, -0.2) is 0 Å². The van der Waals surface area contributed by atoms with Gasteiger partial charge in [0.25, 0.3) is 0 Å². The first-order valence-electron chi connectivity index (χ1n) is 14.1. The first-order valence-corrected chi connectivity index (χ1v) is 14.1. The molecule has 0 nitrogen and oxygen atoms in total. The molecular formula is C33H50. The molecule has 2 rings (SSSR count). The van der Waals surface area contributed by atoms with E-state index in [1.54, 1.807) is 0 Å². The number of hydrogen-bond acceptors (Lipinski definition) is 0. The van der Waals surface area contributed by atoms with Gasteiger partial charge in [-0.05, 0) is 60.8 Å². The first-order chi connectivity index (χ1) is 16.3. The second-order valence-corrected chi connectivity index (χ2v) is 9.89. The number of hydrogen-bond donors (Lipinski definition) is 0. The van der Waals surface area contributed by atoms with Crippen LogP contribution in [0.5, 0.6) is 0 Å². The van der Waals surface area contributed by atoms with Gasteiger partial charge in [-0.3, -0.25) is 0 Å². The lowest BCUT2D eigenvalue weighted by atomic mass is 10.00. The van der Waals surface area contributed by atoms with Gasteiger partial charge in [-0.2, -0.15) is 0 Å². The third-order valence-electron chi connectivity index (χ3n) is 6.81. The molecule has 0 atom stereocenters. The average Bonchev–Trinajstić information content (AvgIpc) is 2.85. The van der Waals surface area contributed by atoms with Crippen molar-refractivity contribution in [1.29, 1.82) is 0 Å². The third-order valence-corrected chi connectivity index (χ3v) is 6.81. The van der Waals surface area contributed by atoms with Crippen LogP contribution in [0.15, 0.2) is 54.6 Å². The van der Waals surface area contributed by atoms with Gasteiger partial charge in [-0.15, -0.1) is 0 Å². The van der Waals surface area contributed by atoms with Crippen LogP contribution in [0, 0.1) is 0 Å².